The lowest BCUT2D eigenvalue weighted by Gasteiger charge is -2.07. The van der Waals surface area contributed by atoms with Gasteiger partial charge in [0.1, 0.15) is 5.75 Å². The minimum atomic E-state index is 0.909. The van der Waals surface area contributed by atoms with Gasteiger partial charge in [-0.05, 0) is 46.2 Å². The highest BCUT2D eigenvalue weighted by molar-refractivity contribution is 6.08. The van der Waals surface area contributed by atoms with E-state index < -0.39 is 0 Å². The number of hydrogen-bond acceptors (Lipinski definition) is 1. The molecule has 0 heterocycles. The third-order valence-electron chi connectivity index (χ3n) is 3.30. The zero-order valence-electron chi connectivity index (χ0n) is 10.0. The fraction of sp³-hybridized carbons (Fsp3) is 0.125. The van der Waals surface area contributed by atoms with Gasteiger partial charge in [0.25, 0.3) is 0 Å². The second-order valence-electron chi connectivity index (χ2n) is 4.32. The molecular formula is C16H14O. The monoisotopic (exact) mass is 222 g/mol. The molecule has 0 atom stereocenters. The molecule has 0 fully saturated rings. The number of benzene rings is 3. The van der Waals surface area contributed by atoms with E-state index in [2.05, 4.69) is 49.4 Å². The largest absolute Gasteiger partial charge is 0.497 e. The maximum atomic E-state index is 5.30. The Morgan fingerprint density at radius 2 is 1.65 bits per heavy atom. The van der Waals surface area contributed by atoms with E-state index in [4.69, 9.17) is 4.74 Å². The van der Waals surface area contributed by atoms with Crippen LogP contribution in [0.4, 0.5) is 0 Å². The predicted octanol–water partition coefficient (Wildman–Crippen LogP) is 4.31. The Morgan fingerprint density at radius 3 is 2.47 bits per heavy atom. The second-order valence-corrected chi connectivity index (χ2v) is 4.32. The second kappa shape index (κ2) is 3.77. The molecule has 0 saturated carbocycles. The minimum absolute atomic E-state index is 0.909. The van der Waals surface area contributed by atoms with Crippen LogP contribution in [0.2, 0.25) is 0 Å². The molecular weight excluding hydrogens is 208 g/mol. The normalized spacial score (nSPS) is 10.9. The van der Waals surface area contributed by atoms with Crippen molar-refractivity contribution in [2.24, 2.45) is 0 Å². The summed E-state index contributed by atoms with van der Waals surface area (Å²) in [6.07, 6.45) is 0. The van der Waals surface area contributed by atoms with Crippen LogP contribution in [0.3, 0.4) is 0 Å². The molecule has 1 heteroatoms. The summed E-state index contributed by atoms with van der Waals surface area (Å²) in [7, 11) is 1.71. The van der Waals surface area contributed by atoms with E-state index in [9.17, 15) is 0 Å². The average Bonchev–Trinajstić information content (AvgIpc) is 2.38. The SMILES string of the molecule is COc1ccc2ccc3c(C)cccc3c2c1. The summed E-state index contributed by atoms with van der Waals surface area (Å²) in [6.45, 7) is 2.15. The number of methoxy groups -OCH3 is 1. The highest BCUT2D eigenvalue weighted by atomic mass is 16.5. The first-order chi connectivity index (χ1) is 8.29. The van der Waals surface area contributed by atoms with Crippen LogP contribution in [0.5, 0.6) is 5.75 Å². The van der Waals surface area contributed by atoms with Crippen LogP contribution in [-0.4, -0.2) is 7.11 Å². The Labute approximate surface area is 101 Å². The highest BCUT2D eigenvalue weighted by Gasteiger charge is 2.03. The van der Waals surface area contributed by atoms with Crippen LogP contribution >= 0.6 is 0 Å². The van der Waals surface area contributed by atoms with E-state index in [1.54, 1.807) is 7.11 Å². The molecule has 0 spiro atoms. The molecule has 0 aromatic heterocycles. The fourth-order valence-electron chi connectivity index (χ4n) is 2.35. The molecule has 3 aromatic rings. The molecule has 1 nitrogen and oxygen atoms in total. The summed E-state index contributed by atoms with van der Waals surface area (Å²) in [5, 5.41) is 5.11. The quantitative estimate of drug-likeness (QED) is 0.557. The van der Waals surface area contributed by atoms with Crippen LogP contribution < -0.4 is 4.74 Å². The van der Waals surface area contributed by atoms with Gasteiger partial charge in [-0.3, -0.25) is 0 Å². The van der Waals surface area contributed by atoms with Gasteiger partial charge in [0.05, 0.1) is 7.11 Å². The maximum Gasteiger partial charge on any atom is 0.119 e. The molecule has 0 aliphatic carbocycles. The Balaban J connectivity index is 2.49. The summed E-state index contributed by atoms with van der Waals surface area (Å²) in [4.78, 5) is 0. The number of ether oxygens (including phenoxy) is 1. The molecule has 0 amide bonds. The van der Waals surface area contributed by atoms with Crippen molar-refractivity contribution in [3.8, 4) is 5.75 Å². The molecule has 84 valence electrons. The first-order valence-corrected chi connectivity index (χ1v) is 5.76. The molecule has 0 saturated heterocycles. The van der Waals surface area contributed by atoms with Crippen molar-refractivity contribution < 1.29 is 4.74 Å². The Kier molecular flexibility index (Phi) is 2.25. The molecule has 3 aromatic carbocycles. The molecule has 0 radical (unpaired) electrons. The summed E-state index contributed by atoms with van der Waals surface area (Å²) in [5.74, 6) is 0.909. The maximum absolute atomic E-state index is 5.30. The van der Waals surface area contributed by atoms with Crippen LogP contribution in [0, 0.1) is 6.92 Å². The fourth-order valence-corrected chi connectivity index (χ4v) is 2.35. The Morgan fingerprint density at radius 1 is 0.824 bits per heavy atom. The van der Waals surface area contributed by atoms with Crippen LogP contribution in [0.25, 0.3) is 21.5 Å². The van der Waals surface area contributed by atoms with E-state index in [-0.39, 0.29) is 0 Å². The van der Waals surface area contributed by atoms with Crippen LogP contribution in [0.15, 0.2) is 48.5 Å². The van der Waals surface area contributed by atoms with E-state index in [0.717, 1.165) is 5.75 Å². The first kappa shape index (κ1) is 10.2. The third kappa shape index (κ3) is 1.55. The smallest absolute Gasteiger partial charge is 0.119 e. The van der Waals surface area contributed by atoms with E-state index >= 15 is 0 Å². The molecule has 17 heavy (non-hydrogen) atoms. The zero-order valence-corrected chi connectivity index (χ0v) is 10.0. The topological polar surface area (TPSA) is 9.23 Å². The average molecular weight is 222 g/mol. The third-order valence-corrected chi connectivity index (χ3v) is 3.30. The number of rotatable bonds is 1. The Hall–Kier alpha value is -2.02. The van der Waals surface area contributed by atoms with Crippen molar-refractivity contribution in [2.45, 2.75) is 6.92 Å². The lowest BCUT2D eigenvalue weighted by molar-refractivity contribution is 0.415. The van der Waals surface area contributed by atoms with Gasteiger partial charge in [0.2, 0.25) is 0 Å². The van der Waals surface area contributed by atoms with Gasteiger partial charge in [-0.15, -0.1) is 0 Å². The standard InChI is InChI=1S/C16H14O/c1-11-4-3-5-15-14(11)9-7-12-6-8-13(17-2)10-16(12)15/h3-10H,1-2H3. The molecule has 0 N–H and O–H groups in total. The van der Waals surface area contributed by atoms with Crippen molar-refractivity contribution in [3.63, 3.8) is 0 Å². The summed E-state index contributed by atoms with van der Waals surface area (Å²) in [5.41, 5.74) is 1.31. The number of aryl methyl sites for hydroxylation is 1. The lowest BCUT2D eigenvalue weighted by Crippen LogP contribution is -1.84. The van der Waals surface area contributed by atoms with Gasteiger partial charge < -0.3 is 4.74 Å². The van der Waals surface area contributed by atoms with Crippen LogP contribution in [0.1, 0.15) is 5.56 Å². The highest BCUT2D eigenvalue weighted by Crippen LogP contribution is 2.29. The minimum Gasteiger partial charge on any atom is -0.497 e. The van der Waals surface area contributed by atoms with Gasteiger partial charge in [0, 0.05) is 0 Å². The van der Waals surface area contributed by atoms with Gasteiger partial charge in [-0.2, -0.15) is 0 Å². The van der Waals surface area contributed by atoms with E-state index in [1.807, 2.05) is 6.07 Å². The lowest BCUT2D eigenvalue weighted by atomic mass is 9.99. The van der Waals surface area contributed by atoms with Gasteiger partial charge in [-0.1, -0.05) is 36.4 Å². The molecule has 3 rings (SSSR count). The molecule has 0 aliphatic heterocycles. The molecule has 0 unspecified atom stereocenters. The van der Waals surface area contributed by atoms with Crippen molar-refractivity contribution >= 4 is 21.5 Å². The van der Waals surface area contributed by atoms with E-state index in [1.165, 1.54) is 27.1 Å². The number of hydrogen-bond donors (Lipinski definition) is 0. The van der Waals surface area contributed by atoms with E-state index in [0.29, 0.717) is 0 Å². The van der Waals surface area contributed by atoms with Gasteiger partial charge in [-0.25, -0.2) is 0 Å². The van der Waals surface area contributed by atoms with Crippen molar-refractivity contribution in [3.05, 3.63) is 54.1 Å². The summed E-state index contributed by atoms with van der Waals surface area (Å²) in [6, 6.07) is 17.0. The van der Waals surface area contributed by atoms with Gasteiger partial charge >= 0.3 is 0 Å². The predicted molar refractivity (Wildman–Crippen MR) is 72.7 cm³/mol. The van der Waals surface area contributed by atoms with Crippen molar-refractivity contribution in [1.82, 2.24) is 0 Å². The van der Waals surface area contributed by atoms with Crippen LogP contribution in [-0.2, 0) is 0 Å². The summed E-state index contributed by atoms with van der Waals surface area (Å²) >= 11 is 0. The Bertz CT molecular complexity index is 698. The summed E-state index contributed by atoms with van der Waals surface area (Å²) < 4.78 is 5.30. The van der Waals surface area contributed by atoms with Gasteiger partial charge in [0.15, 0.2) is 0 Å². The molecule has 0 bridgehead atoms. The zero-order chi connectivity index (χ0) is 11.8. The van der Waals surface area contributed by atoms with Crippen molar-refractivity contribution in [2.75, 3.05) is 7.11 Å². The van der Waals surface area contributed by atoms with Crippen molar-refractivity contribution in [1.29, 1.82) is 0 Å². The molecule has 0 aliphatic rings. The number of fused-ring (bicyclic) bond motifs is 3. The first-order valence-electron chi connectivity index (χ1n) is 5.76.